The predicted molar refractivity (Wildman–Crippen MR) is 91.3 cm³/mol. The molecule has 0 saturated carbocycles. The summed E-state index contributed by atoms with van der Waals surface area (Å²) < 4.78 is 13.4. The van der Waals surface area contributed by atoms with Crippen molar-refractivity contribution >= 4 is 17.3 Å². The van der Waals surface area contributed by atoms with Gasteiger partial charge in [-0.05, 0) is 62.1 Å². The number of carbonyl (C=O) groups is 1. The fraction of sp³-hybridized carbons (Fsp3) is 0.316. The van der Waals surface area contributed by atoms with Crippen LogP contribution in [-0.2, 0) is 11.2 Å². The number of para-hydroxylation sites is 1. The van der Waals surface area contributed by atoms with Crippen LogP contribution in [0.4, 0.5) is 15.8 Å². The number of fused-ring (bicyclic) bond motifs is 1. The Morgan fingerprint density at radius 2 is 2.09 bits per heavy atom. The van der Waals surface area contributed by atoms with E-state index in [4.69, 9.17) is 0 Å². The average Bonchev–Trinajstić information content (AvgIpc) is 2.52. The number of amides is 1. The van der Waals surface area contributed by atoms with Gasteiger partial charge in [-0.1, -0.05) is 18.2 Å². The van der Waals surface area contributed by atoms with Crippen molar-refractivity contribution in [2.45, 2.75) is 32.7 Å². The Morgan fingerprint density at radius 3 is 2.87 bits per heavy atom. The quantitative estimate of drug-likeness (QED) is 0.932. The number of nitrogens with zero attached hydrogens (tertiary/aromatic N) is 1. The molecule has 2 aromatic carbocycles. The minimum absolute atomic E-state index is 0.0525. The smallest absolute Gasteiger partial charge is 0.243 e. The van der Waals surface area contributed by atoms with Crippen molar-refractivity contribution in [1.29, 1.82) is 0 Å². The maximum absolute atomic E-state index is 13.4. The molecule has 0 spiro atoms. The Hall–Kier alpha value is -2.36. The van der Waals surface area contributed by atoms with E-state index in [9.17, 15) is 9.18 Å². The van der Waals surface area contributed by atoms with Crippen LogP contribution in [0.25, 0.3) is 0 Å². The Kier molecular flexibility index (Phi) is 4.33. The molecule has 0 radical (unpaired) electrons. The summed E-state index contributed by atoms with van der Waals surface area (Å²) in [4.78, 5) is 14.5. The van der Waals surface area contributed by atoms with Crippen molar-refractivity contribution in [3.05, 3.63) is 59.4 Å². The van der Waals surface area contributed by atoms with Gasteiger partial charge in [0.25, 0.3) is 0 Å². The molecule has 1 unspecified atom stereocenters. The second-order valence-corrected chi connectivity index (χ2v) is 6.15. The van der Waals surface area contributed by atoms with Gasteiger partial charge in [0.1, 0.15) is 5.82 Å². The van der Waals surface area contributed by atoms with Gasteiger partial charge in [0.2, 0.25) is 5.91 Å². The van der Waals surface area contributed by atoms with Crippen LogP contribution in [-0.4, -0.2) is 18.5 Å². The van der Waals surface area contributed by atoms with Gasteiger partial charge in [0, 0.05) is 17.4 Å². The Morgan fingerprint density at radius 1 is 1.30 bits per heavy atom. The molecule has 3 rings (SSSR count). The number of rotatable bonds is 3. The Bertz CT molecular complexity index is 729. The van der Waals surface area contributed by atoms with Gasteiger partial charge in [0.15, 0.2) is 0 Å². The van der Waals surface area contributed by atoms with Gasteiger partial charge in [-0.3, -0.25) is 4.79 Å². The van der Waals surface area contributed by atoms with Gasteiger partial charge < -0.3 is 10.2 Å². The van der Waals surface area contributed by atoms with Crippen LogP contribution >= 0.6 is 0 Å². The van der Waals surface area contributed by atoms with Crippen LogP contribution in [0.3, 0.4) is 0 Å². The molecule has 0 aliphatic carbocycles. The molecule has 0 saturated heterocycles. The lowest BCUT2D eigenvalue weighted by Gasteiger charge is -2.36. The van der Waals surface area contributed by atoms with Crippen molar-refractivity contribution in [3.8, 4) is 0 Å². The lowest BCUT2D eigenvalue weighted by Crippen LogP contribution is -2.42. The molecule has 3 nitrogen and oxygen atoms in total. The van der Waals surface area contributed by atoms with Crippen LogP contribution in [0.2, 0.25) is 0 Å². The predicted octanol–water partition coefficient (Wildman–Crippen LogP) is 3.91. The highest BCUT2D eigenvalue weighted by molar-refractivity contribution is 5.95. The third-order valence-corrected chi connectivity index (χ3v) is 4.45. The first-order chi connectivity index (χ1) is 11.0. The fourth-order valence-corrected chi connectivity index (χ4v) is 3.09. The van der Waals surface area contributed by atoms with Gasteiger partial charge in [-0.25, -0.2) is 4.39 Å². The third-order valence-electron chi connectivity index (χ3n) is 4.45. The van der Waals surface area contributed by atoms with Crippen LogP contribution in [0, 0.1) is 12.7 Å². The molecule has 0 fully saturated rings. The molecule has 0 aromatic heterocycles. The van der Waals surface area contributed by atoms with E-state index in [2.05, 4.69) is 17.1 Å². The number of halogens is 1. The normalized spacial score (nSPS) is 16.8. The number of hydrogen-bond donors (Lipinski definition) is 1. The molecule has 1 amide bonds. The van der Waals surface area contributed by atoms with Gasteiger partial charge in [0.05, 0.1) is 6.54 Å². The highest BCUT2D eigenvalue weighted by atomic mass is 19.1. The Labute approximate surface area is 136 Å². The summed E-state index contributed by atoms with van der Waals surface area (Å²) in [5.41, 5.74) is 3.81. The SMILES string of the molecule is Cc1ccccc1NC(=O)CN1c2ccc(F)cc2CCC1C. The van der Waals surface area contributed by atoms with Crippen LogP contribution < -0.4 is 10.2 Å². The summed E-state index contributed by atoms with van der Waals surface area (Å²) in [6.07, 6.45) is 1.78. The number of aryl methyl sites for hydroxylation is 2. The minimum atomic E-state index is -0.220. The molecule has 1 atom stereocenters. The molecule has 1 heterocycles. The average molecular weight is 312 g/mol. The summed E-state index contributed by atoms with van der Waals surface area (Å²) in [5.74, 6) is -0.272. The second kappa shape index (κ2) is 6.41. The van der Waals surface area contributed by atoms with E-state index in [0.717, 1.165) is 35.3 Å². The molecular formula is C19H21FN2O. The zero-order chi connectivity index (χ0) is 16.4. The minimum Gasteiger partial charge on any atom is -0.359 e. The summed E-state index contributed by atoms with van der Waals surface area (Å²) in [7, 11) is 0. The van der Waals surface area contributed by atoms with Crippen LogP contribution in [0.5, 0.6) is 0 Å². The summed E-state index contributed by atoms with van der Waals surface area (Å²) in [5, 5.41) is 2.97. The second-order valence-electron chi connectivity index (χ2n) is 6.15. The van der Waals surface area contributed by atoms with E-state index in [1.54, 1.807) is 12.1 Å². The van der Waals surface area contributed by atoms with Crippen LogP contribution in [0.15, 0.2) is 42.5 Å². The maximum Gasteiger partial charge on any atom is 0.243 e. The highest BCUT2D eigenvalue weighted by Crippen LogP contribution is 2.31. The maximum atomic E-state index is 13.4. The van der Waals surface area contributed by atoms with E-state index >= 15 is 0 Å². The molecule has 4 heteroatoms. The molecule has 2 aromatic rings. The third kappa shape index (κ3) is 3.36. The lowest BCUT2D eigenvalue weighted by atomic mass is 9.96. The van der Waals surface area contributed by atoms with Gasteiger partial charge in [-0.15, -0.1) is 0 Å². The molecular weight excluding hydrogens is 291 g/mol. The first-order valence-electron chi connectivity index (χ1n) is 7.95. The molecule has 1 N–H and O–H groups in total. The largest absolute Gasteiger partial charge is 0.359 e. The van der Waals surface area contributed by atoms with Crippen molar-refractivity contribution in [3.63, 3.8) is 0 Å². The van der Waals surface area contributed by atoms with E-state index in [-0.39, 0.29) is 24.3 Å². The number of carbonyl (C=O) groups excluding carboxylic acids is 1. The first kappa shape index (κ1) is 15.5. The number of anilines is 2. The zero-order valence-electron chi connectivity index (χ0n) is 13.5. The molecule has 120 valence electrons. The highest BCUT2D eigenvalue weighted by Gasteiger charge is 2.25. The van der Waals surface area contributed by atoms with E-state index in [0.29, 0.717) is 0 Å². The van der Waals surface area contributed by atoms with Crippen molar-refractivity contribution in [2.24, 2.45) is 0 Å². The van der Waals surface area contributed by atoms with Crippen molar-refractivity contribution < 1.29 is 9.18 Å². The summed E-state index contributed by atoms with van der Waals surface area (Å²) >= 11 is 0. The lowest BCUT2D eigenvalue weighted by molar-refractivity contribution is -0.115. The van der Waals surface area contributed by atoms with E-state index < -0.39 is 0 Å². The van der Waals surface area contributed by atoms with Crippen molar-refractivity contribution in [2.75, 3.05) is 16.8 Å². The standard InChI is InChI=1S/C19H21FN2O/c1-13-5-3-4-6-17(13)21-19(23)12-22-14(2)7-8-15-11-16(20)9-10-18(15)22/h3-6,9-11,14H,7-8,12H2,1-2H3,(H,21,23). The summed E-state index contributed by atoms with van der Waals surface area (Å²) in [6, 6.07) is 12.8. The van der Waals surface area contributed by atoms with E-state index in [1.807, 2.05) is 31.2 Å². The van der Waals surface area contributed by atoms with Gasteiger partial charge >= 0.3 is 0 Å². The molecule has 1 aliphatic rings. The molecule has 0 bridgehead atoms. The number of nitrogens with one attached hydrogen (secondary N) is 1. The fourth-order valence-electron chi connectivity index (χ4n) is 3.09. The molecule has 1 aliphatic heterocycles. The van der Waals surface area contributed by atoms with Gasteiger partial charge in [-0.2, -0.15) is 0 Å². The molecule has 23 heavy (non-hydrogen) atoms. The number of hydrogen-bond acceptors (Lipinski definition) is 2. The Balaban J connectivity index is 1.77. The summed E-state index contributed by atoms with van der Waals surface area (Å²) in [6.45, 7) is 4.35. The van der Waals surface area contributed by atoms with Crippen molar-refractivity contribution in [1.82, 2.24) is 0 Å². The first-order valence-corrected chi connectivity index (χ1v) is 7.95. The van der Waals surface area contributed by atoms with E-state index in [1.165, 1.54) is 6.07 Å². The zero-order valence-corrected chi connectivity index (χ0v) is 13.5. The number of benzene rings is 2. The monoisotopic (exact) mass is 312 g/mol. The van der Waals surface area contributed by atoms with Crippen LogP contribution in [0.1, 0.15) is 24.5 Å². The topological polar surface area (TPSA) is 32.3 Å².